The van der Waals surface area contributed by atoms with E-state index in [9.17, 15) is 17.6 Å². The topological polar surface area (TPSA) is 79.0 Å². The van der Waals surface area contributed by atoms with Crippen molar-refractivity contribution in [2.75, 3.05) is 53.0 Å². The summed E-state index contributed by atoms with van der Waals surface area (Å²) in [4.78, 5) is 13.7. The van der Waals surface area contributed by atoms with Crippen LogP contribution >= 0.6 is 0 Å². The van der Waals surface area contributed by atoms with Gasteiger partial charge in [-0.2, -0.15) is 4.31 Å². The van der Waals surface area contributed by atoms with Crippen molar-refractivity contribution < 1.29 is 22.3 Å². The second-order valence-corrected chi connectivity index (χ2v) is 7.35. The Bertz CT molecular complexity index is 643. The zero-order chi connectivity index (χ0) is 17.6. The van der Waals surface area contributed by atoms with Crippen molar-refractivity contribution in [1.82, 2.24) is 14.5 Å². The molecule has 1 fully saturated rings. The highest BCUT2D eigenvalue weighted by atomic mass is 32.2. The van der Waals surface area contributed by atoms with Crippen LogP contribution in [0.1, 0.15) is 0 Å². The molecule has 134 valence electrons. The van der Waals surface area contributed by atoms with E-state index >= 15 is 0 Å². The molecule has 1 amide bonds. The summed E-state index contributed by atoms with van der Waals surface area (Å²) in [6.07, 6.45) is 0. The van der Waals surface area contributed by atoms with Crippen LogP contribution < -0.4 is 5.32 Å². The number of nitrogens with zero attached hydrogens (tertiary/aromatic N) is 2. The summed E-state index contributed by atoms with van der Waals surface area (Å²) < 4.78 is 44.1. The smallest absolute Gasteiger partial charge is 0.243 e. The molecule has 24 heavy (non-hydrogen) atoms. The molecule has 1 aromatic carbocycles. The first kappa shape index (κ1) is 18.8. The molecule has 1 aliphatic heterocycles. The van der Waals surface area contributed by atoms with E-state index in [2.05, 4.69) is 5.32 Å². The van der Waals surface area contributed by atoms with Crippen molar-refractivity contribution in [1.29, 1.82) is 0 Å². The van der Waals surface area contributed by atoms with Gasteiger partial charge in [-0.3, -0.25) is 4.79 Å². The predicted octanol–water partition coefficient (Wildman–Crippen LogP) is -0.105. The van der Waals surface area contributed by atoms with Gasteiger partial charge in [0.25, 0.3) is 0 Å². The van der Waals surface area contributed by atoms with Gasteiger partial charge in [0.05, 0.1) is 18.0 Å². The third-order valence-corrected chi connectivity index (χ3v) is 5.71. The van der Waals surface area contributed by atoms with Crippen molar-refractivity contribution in [3.05, 3.63) is 30.1 Å². The maximum atomic E-state index is 12.9. The van der Waals surface area contributed by atoms with Crippen LogP contribution in [0, 0.1) is 5.82 Å². The molecule has 1 aromatic rings. The zero-order valence-corrected chi connectivity index (χ0v) is 14.4. The maximum Gasteiger partial charge on any atom is 0.243 e. The molecule has 1 saturated heterocycles. The monoisotopic (exact) mass is 359 g/mol. The number of benzene rings is 1. The van der Waals surface area contributed by atoms with E-state index in [-0.39, 0.29) is 30.4 Å². The highest BCUT2D eigenvalue weighted by Gasteiger charge is 2.29. The molecule has 1 N–H and O–H groups in total. The van der Waals surface area contributed by atoms with Crippen LogP contribution in [0.5, 0.6) is 0 Å². The van der Waals surface area contributed by atoms with Crippen LogP contribution in [0.4, 0.5) is 4.39 Å². The van der Waals surface area contributed by atoms with Crippen LogP contribution in [-0.2, 0) is 19.6 Å². The van der Waals surface area contributed by atoms with E-state index in [1.54, 1.807) is 12.0 Å². The van der Waals surface area contributed by atoms with Crippen molar-refractivity contribution >= 4 is 15.9 Å². The van der Waals surface area contributed by atoms with Gasteiger partial charge >= 0.3 is 0 Å². The molecule has 0 aromatic heterocycles. The Labute approximate surface area is 141 Å². The normalized spacial score (nSPS) is 16.3. The number of amides is 1. The second kappa shape index (κ2) is 8.52. The lowest BCUT2D eigenvalue weighted by atomic mass is 10.3. The summed E-state index contributed by atoms with van der Waals surface area (Å²) in [5.41, 5.74) is 0. The Morgan fingerprint density at radius 2 is 1.83 bits per heavy atom. The van der Waals surface area contributed by atoms with Gasteiger partial charge in [-0.1, -0.05) is 0 Å². The number of hydrogen-bond acceptors (Lipinski definition) is 5. The number of rotatable bonds is 7. The quantitative estimate of drug-likeness (QED) is 0.688. The van der Waals surface area contributed by atoms with Gasteiger partial charge < -0.3 is 15.0 Å². The summed E-state index contributed by atoms with van der Waals surface area (Å²) in [7, 11) is -2.07. The Morgan fingerprint density at radius 3 is 2.42 bits per heavy atom. The lowest BCUT2D eigenvalue weighted by molar-refractivity contribution is -0.131. The van der Waals surface area contributed by atoms with E-state index < -0.39 is 15.8 Å². The predicted molar refractivity (Wildman–Crippen MR) is 86.5 cm³/mol. The van der Waals surface area contributed by atoms with E-state index in [1.165, 1.54) is 16.4 Å². The molecule has 0 unspecified atom stereocenters. The Kier molecular flexibility index (Phi) is 6.67. The van der Waals surface area contributed by atoms with Crippen molar-refractivity contribution in [3.63, 3.8) is 0 Å². The molecular weight excluding hydrogens is 337 g/mol. The first-order valence-electron chi connectivity index (χ1n) is 7.68. The van der Waals surface area contributed by atoms with Gasteiger partial charge in [0, 0.05) is 39.8 Å². The van der Waals surface area contributed by atoms with Crippen LogP contribution in [0.15, 0.2) is 29.2 Å². The highest BCUT2D eigenvalue weighted by Crippen LogP contribution is 2.18. The van der Waals surface area contributed by atoms with Crippen LogP contribution in [0.25, 0.3) is 0 Å². The molecule has 0 saturated carbocycles. The molecule has 0 atom stereocenters. The first-order chi connectivity index (χ1) is 11.4. The van der Waals surface area contributed by atoms with Crippen molar-refractivity contribution in [2.45, 2.75) is 4.90 Å². The fraction of sp³-hybridized carbons (Fsp3) is 0.533. The second-order valence-electron chi connectivity index (χ2n) is 5.41. The minimum atomic E-state index is -3.66. The average Bonchev–Trinajstić information content (AvgIpc) is 2.59. The number of carbonyl (C=O) groups excluding carboxylic acids is 1. The summed E-state index contributed by atoms with van der Waals surface area (Å²) in [6.45, 7) is 2.44. The molecule has 0 radical (unpaired) electrons. The lowest BCUT2D eigenvalue weighted by Crippen LogP contribution is -2.52. The minimum absolute atomic E-state index is 0.0601. The molecule has 9 heteroatoms. The fourth-order valence-electron chi connectivity index (χ4n) is 2.41. The third kappa shape index (κ3) is 4.73. The summed E-state index contributed by atoms with van der Waals surface area (Å²) in [5.74, 6) is -0.546. The van der Waals surface area contributed by atoms with Crippen molar-refractivity contribution in [2.24, 2.45) is 0 Å². The number of carbonyl (C=O) groups is 1. The van der Waals surface area contributed by atoms with Gasteiger partial charge in [-0.05, 0) is 24.3 Å². The number of hydrogen-bond donors (Lipinski definition) is 1. The summed E-state index contributed by atoms with van der Waals surface area (Å²) in [6, 6.07) is 4.75. The largest absolute Gasteiger partial charge is 0.383 e. The van der Waals surface area contributed by atoms with Crippen LogP contribution in [-0.4, -0.2) is 76.5 Å². The molecular formula is C15H22FN3O4S. The van der Waals surface area contributed by atoms with Crippen LogP contribution in [0.3, 0.4) is 0 Å². The van der Waals surface area contributed by atoms with Gasteiger partial charge in [0.1, 0.15) is 5.82 Å². The zero-order valence-electron chi connectivity index (χ0n) is 13.6. The van der Waals surface area contributed by atoms with Gasteiger partial charge in [0.15, 0.2) is 0 Å². The average molecular weight is 359 g/mol. The van der Waals surface area contributed by atoms with E-state index in [0.717, 1.165) is 12.1 Å². The number of methoxy groups -OCH3 is 1. The maximum absolute atomic E-state index is 12.9. The molecule has 2 rings (SSSR count). The van der Waals surface area contributed by atoms with E-state index in [1.807, 2.05) is 0 Å². The molecule has 0 spiro atoms. The Balaban J connectivity index is 1.87. The SMILES string of the molecule is COCCNCC(=O)N1CCN(S(=O)(=O)c2ccc(F)cc2)CC1. The Morgan fingerprint density at radius 1 is 1.21 bits per heavy atom. The molecule has 1 aliphatic rings. The molecule has 1 heterocycles. The first-order valence-corrected chi connectivity index (χ1v) is 9.12. The molecule has 0 aliphatic carbocycles. The lowest BCUT2D eigenvalue weighted by Gasteiger charge is -2.34. The van der Waals surface area contributed by atoms with Gasteiger partial charge in [0.2, 0.25) is 15.9 Å². The van der Waals surface area contributed by atoms with Crippen LogP contribution in [0.2, 0.25) is 0 Å². The van der Waals surface area contributed by atoms with Gasteiger partial charge in [-0.25, -0.2) is 12.8 Å². The van der Waals surface area contributed by atoms with E-state index in [4.69, 9.17) is 4.74 Å². The van der Waals surface area contributed by atoms with E-state index in [0.29, 0.717) is 26.2 Å². The third-order valence-electron chi connectivity index (χ3n) is 3.80. The van der Waals surface area contributed by atoms with Crippen molar-refractivity contribution in [3.8, 4) is 0 Å². The number of piperazine rings is 1. The minimum Gasteiger partial charge on any atom is -0.383 e. The summed E-state index contributed by atoms with van der Waals surface area (Å²) >= 11 is 0. The summed E-state index contributed by atoms with van der Waals surface area (Å²) in [5, 5.41) is 2.97. The standard InChI is InChI=1S/C15H22FN3O4S/c1-23-11-6-17-12-15(20)18-7-9-19(10-8-18)24(21,22)14-4-2-13(16)3-5-14/h2-5,17H,6-12H2,1H3. The highest BCUT2D eigenvalue weighted by molar-refractivity contribution is 7.89. The van der Waals surface area contributed by atoms with Gasteiger partial charge in [-0.15, -0.1) is 0 Å². The molecule has 7 nitrogen and oxygen atoms in total. The number of sulfonamides is 1. The number of nitrogens with one attached hydrogen (secondary N) is 1. The molecule has 0 bridgehead atoms. The number of halogens is 1. The Hall–Kier alpha value is -1.55. The fourth-order valence-corrected chi connectivity index (χ4v) is 3.84. The number of ether oxygens (including phenoxy) is 1.